The summed E-state index contributed by atoms with van der Waals surface area (Å²) in [6, 6.07) is 1.47. The molecule has 10 heteroatoms. The van der Waals surface area contributed by atoms with Gasteiger partial charge < -0.3 is 10.5 Å². The zero-order valence-electron chi connectivity index (χ0n) is 13.1. The number of nitrogens with two attached hydrogens (primary N) is 1. The van der Waals surface area contributed by atoms with E-state index in [2.05, 4.69) is 5.10 Å². The summed E-state index contributed by atoms with van der Waals surface area (Å²) in [6.45, 7) is 0.652. The van der Waals surface area contributed by atoms with Gasteiger partial charge in [-0.05, 0) is 25.1 Å². The molecule has 0 unspecified atom stereocenters. The molecule has 0 saturated carbocycles. The van der Waals surface area contributed by atoms with Crippen LogP contribution in [0.4, 0.5) is 23.4 Å². The molecule has 1 aromatic heterocycles. The van der Waals surface area contributed by atoms with Gasteiger partial charge in [0.25, 0.3) is 0 Å². The maximum atomic E-state index is 13.7. The molecule has 0 aliphatic carbocycles. The molecule has 134 valence electrons. The third kappa shape index (κ3) is 3.78. The number of carbonyl (C=O) groups excluding carboxylic acids is 2. The normalized spacial score (nSPS) is 11.4. The summed E-state index contributed by atoms with van der Waals surface area (Å²) < 4.78 is 57.2. The lowest BCUT2D eigenvalue weighted by molar-refractivity contribution is -0.137. The topological polar surface area (TPSA) is 87.2 Å². The Morgan fingerprint density at radius 2 is 1.96 bits per heavy atom. The predicted molar refractivity (Wildman–Crippen MR) is 78.4 cm³/mol. The van der Waals surface area contributed by atoms with Crippen LogP contribution in [0.25, 0.3) is 0 Å². The molecule has 1 heterocycles. The van der Waals surface area contributed by atoms with Crippen LogP contribution in [0.15, 0.2) is 18.2 Å². The number of ketones is 1. The van der Waals surface area contributed by atoms with Crippen molar-refractivity contribution in [3.63, 3.8) is 0 Å². The highest BCUT2D eigenvalue weighted by atomic mass is 19.4. The van der Waals surface area contributed by atoms with Crippen LogP contribution < -0.4 is 5.73 Å². The van der Waals surface area contributed by atoms with E-state index in [4.69, 9.17) is 10.5 Å². The third-order valence-corrected chi connectivity index (χ3v) is 3.40. The van der Waals surface area contributed by atoms with Crippen LogP contribution in [-0.2, 0) is 18.0 Å². The van der Waals surface area contributed by atoms with Crippen molar-refractivity contribution in [3.8, 4) is 0 Å². The first-order chi connectivity index (χ1) is 11.5. The number of hydrogen-bond donors (Lipinski definition) is 1. The van der Waals surface area contributed by atoms with E-state index < -0.39 is 41.5 Å². The summed E-state index contributed by atoms with van der Waals surface area (Å²) in [7, 11) is 1.50. The van der Waals surface area contributed by atoms with Crippen molar-refractivity contribution in [2.24, 2.45) is 7.05 Å². The molecule has 0 bridgehead atoms. The number of aromatic nitrogens is 2. The lowest BCUT2D eigenvalue weighted by Crippen LogP contribution is -2.17. The van der Waals surface area contributed by atoms with Crippen LogP contribution >= 0.6 is 0 Å². The molecular formula is C15H13F4N3O3. The summed E-state index contributed by atoms with van der Waals surface area (Å²) in [6.07, 6.45) is -4.73. The minimum Gasteiger partial charge on any atom is -0.454 e. The van der Waals surface area contributed by atoms with E-state index in [1.807, 2.05) is 0 Å². The highest BCUT2D eigenvalue weighted by Gasteiger charge is 2.31. The molecule has 0 radical (unpaired) electrons. The van der Waals surface area contributed by atoms with Gasteiger partial charge in [-0.1, -0.05) is 0 Å². The zero-order valence-corrected chi connectivity index (χ0v) is 13.1. The van der Waals surface area contributed by atoms with Crippen molar-refractivity contribution < 1.29 is 31.9 Å². The monoisotopic (exact) mass is 359 g/mol. The number of Topliss-reactive ketones (excluding diaryl/α,β-unsaturated/α-hetero) is 1. The molecule has 2 N–H and O–H groups in total. The largest absolute Gasteiger partial charge is 0.454 e. The third-order valence-electron chi connectivity index (χ3n) is 3.40. The predicted octanol–water partition coefficient (Wildman–Crippen LogP) is 2.51. The Morgan fingerprint density at radius 1 is 1.32 bits per heavy atom. The van der Waals surface area contributed by atoms with E-state index in [0.717, 1.165) is 0 Å². The van der Waals surface area contributed by atoms with Crippen LogP contribution in [0.1, 0.15) is 32.0 Å². The second-order valence-corrected chi connectivity index (χ2v) is 5.16. The van der Waals surface area contributed by atoms with E-state index in [0.29, 0.717) is 12.1 Å². The van der Waals surface area contributed by atoms with Crippen molar-refractivity contribution in [3.05, 3.63) is 46.4 Å². The van der Waals surface area contributed by atoms with Crippen LogP contribution in [0.5, 0.6) is 0 Å². The fraction of sp³-hybridized carbons (Fsp3) is 0.267. The van der Waals surface area contributed by atoms with E-state index in [1.165, 1.54) is 18.7 Å². The quantitative estimate of drug-likeness (QED) is 0.515. The highest BCUT2D eigenvalue weighted by molar-refractivity contribution is 6.01. The lowest BCUT2D eigenvalue weighted by atomic mass is 10.1. The smallest absolute Gasteiger partial charge is 0.416 e. The minimum atomic E-state index is -4.73. The fourth-order valence-electron chi connectivity index (χ4n) is 2.13. The van der Waals surface area contributed by atoms with Gasteiger partial charge >= 0.3 is 12.1 Å². The van der Waals surface area contributed by atoms with Crippen molar-refractivity contribution in [1.29, 1.82) is 0 Å². The number of rotatable bonds is 4. The lowest BCUT2D eigenvalue weighted by Gasteiger charge is -2.09. The number of halogens is 4. The molecule has 0 atom stereocenters. The van der Waals surface area contributed by atoms with Crippen LogP contribution in [0, 0.1) is 12.7 Å². The number of alkyl halides is 3. The Morgan fingerprint density at radius 3 is 2.44 bits per heavy atom. The summed E-state index contributed by atoms with van der Waals surface area (Å²) in [5.74, 6) is -3.26. The van der Waals surface area contributed by atoms with E-state index in [9.17, 15) is 27.2 Å². The van der Waals surface area contributed by atoms with Gasteiger partial charge in [0, 0.05) is 7.05 Å². The number of benzene rings is 1. The molecule has 1 aromatic carbocycles. The molecule has 0 saturated heterocycles. The number of carbonyl (C=O) groups is 2. The number of ether oxygens (including phenoxy) is 1. The first kappa shape index (κ1) is 18.4. The number of hydrogen-bond acceptors (Lipinski definition) is 5. The van der Waals surface area contributed by atoms with Gasteiger partial charge in [-0.15, -0.1) is 0 Å². The standard InChI is InChI=1S/C15H13F4N3O3/c1-7-12(13(20)22(2)21-7)14(24)25-6-11(23)9-4-3-8(5-10(9)16)15(17,18)19/h3-5H,6,20H2,1-2H3. The van der Waals surface area contributed by atoms with Crippen molar-refractivity contribution >= 4 is 17.6 Å². The summed E-state index contributed by atoms with van der Waals surface area (Å²) in [5.41, 5.74) is 4.05. The maximum absolute atomic E-state index is 13.7. The molecule has 0 aliphatic rings. The van der Waals surface area contributed by atoms with Crippen molar-refractivity contribution in [1.82, 2.24) is 9.78 Å². The second kappa shape index (κ2) is 6.54. The van der Waals surface area contributed by atoms with Gasteiger partial charge in [0.1, 0.15) is 17.2 Å². The van der Waals surface area contributed by atoms with Gasteiger partial charge in [-0.2, -0.15) is 18.3 Å². The first-order valence-corrected chi connectivity index (χ1v) is 6.88. The van der Waals surface area contributed by atoms with E-state index in [-0.39, 0.29) is 23.1 Å². The molecule has 25 heavy (non-hydrogen) atoms. The number of nitrogen functional groups attached to an aromatic ring is 1. The van der Waals surface area contributed by atoms with Crippen LogP contribution in [0.3, 0.4) is 0 Å². The zero-order chi connectivity index (χ0) is 18.9. The molecule has 2 aromatic rings. The van der Waals surface area contributed by atoms with Crippen LogP contribution in [0.2, 0.25) is 0 Å². The van der Waals surface area contributed by atoms with Gasteiger partial charge in [0.05, 0.1) is 16.8 Å². The first-order valence-electron chi connectivity index (χ1n) is 6.88. The molecular weight excluding hydrogens is 346 g/mol. The summed E-state index contributed by atoms with van der Waals surface area (Å²) in [4.78, 5) is 23.8. The molecule has 6 nitrogen and oxygen atoms in total. The van der Waals surface area contributed by atoms with E-state index >= 15 is 0 Å². The van der Waals surface area contributed by atoms with Crippen molar-refractivity contribution in [2.75, 3.05) is 12.3 Å². The Labute approximate surface area is 139 Å². The average molecular weight is 359 g/mol. The number of aryl methyl sites for hydroxylation is 2. The van der Waals surface area contributed by atoms with Gasteiger partial charge in [-0.3, -0.25) is 9.48 Å². The van der Waals surface area contributed by atoms with Gasteiger partial charge in [-0.25, -0.2) is 9.18 Å². The molecule has 0 aliphatic heterocycles. The summed E-state index contributed by atoms with van der Waals surface area (Å²) >= 11 is 0. The average Bonchev–Trinajstić information content (AvgIpc) is 2.76. The molecule has 0 spiro atoms. The van der Waals surface area contributed by atoms with Crippen molar-refractivity contribution in [2.45, 2.75) is 13.1 Å². The molecule has 0 amide bonds. The molecule has 0 fully saturated rings. The Kier molecular flexibility index (Phi) is 4.82. The maximum Gasteiger partial charge on any atom is 0.416 e. The second-order valence-electron chi connectivity index (χ2n) is 5.16. The Bertz CT molecular complexity index is 843. The number of nitrogens with zero attached hydrogens (tertiary/aromatic N) is 2. The molecule has 2 rings (SSSR count). The van der Waals surface area contributed by atoms with Gasteiger partial charge in [0.2, 0.25) is 5.78 Å². The Hall–Kier alpha value is -2.91. The van der Waals surface area contributed by atoms with Crippen LogP contribution in [-0.4, -0.2) is 28.1 Å². The number of esters is 1. The highest BCUT2D eigenvalue weighted by Crippen LogP contribution is 2.30. The Balaban J connectivity index is 2.11. The fourth-order valence-corrected chi connectivity index (χ4v) is 2.13. The minimum absolute atomic E-state index is 0.0238. The number of anilines is 1. The van der Waals surface area contributed by atoms with Gasteiger partial charge in [0.15, 0.2) is 6.61 Å². The SMILES string of the molecule is Cc1nn(C)c(N)c1C(=O)OCC(=O)c1ccc(C(F)(F)F)cc1F. The van der Waals surface area contributed by atoms with E-state index in [1.54, 1.807) is 0 Å². The summed E-state index contributed by atoms with van der Waals surface area (Å²) in [5, 5.41) is 3.90.